The van der Waals surface area contributed by atoms with Gasteiger partial charge in [0, 0.05) is 18.0 Å². The molecule has 0 amide bonds. The Morgan fingerprint density at radius 3 is 2.74 bits per heavy atom. The molecular weight excluding hydrogens is 258 g/mol. The second kappa shape index (κ2) is 4.47. The van der Waals surface area contributed by atoms with Gasteiger partial charge in [-0.25, -0.2) is 4.98 Å². The third-order valence-electron chi connectivity index (χ3n) is 3.02. The van der Waals surface area contributed by atoms with Gasteiger partial charge in [-0.05, 0) is 31.0 Å². The molecule has 0 bridgehead atoms. The van der Waals surface area contributed by atoms with Crippen LogP contribution in [0.2, 0.25) is 0 Å². The van der Waals surface area contributed by atoms with E-state index in [0.717, 1.165) is 21.8 Å². The molecule has 0 saturated carbocycles. The van der Waals surface area contributed by atoms with Crippen LogP contribution in [0, 0.1) is 13.8 Å². The number of aromatic amines is 1. The number of hydrogen-bond acceptors (Lipinski definition) is 5. The largest absolute Gasteiger partial charge is 0.375 e. The zero-order valence-corrected chi connectivity index (χ0v) is 11.5. The number of nitrogens with zero attached hydrogens (tertiary/aromatic N) is 3. The number of hydrogen-bond donors (Lipinski definition) is 2. The fraction of sp³-hybridized carbons (Fsp3) is 0.154. The minimum absolute atomic E-state index is 0.534. The molecule has 0 fully saturated rings. The number of rotatable bonds is 2. The smallest absolute Gasteiger partial charge is 0.181 e. The van der Waals surface area contributed by atoms with Crippen LogP contribution in [0.4, 0.5) is 5.13 Å². The average molecular weight is 271 g/mol. The number of pyridine rings is 1. The molecular formula is C13H13N5S. The van der Waals surface area contributed by atoms with E-state index in [0.29, 0.717) is 5.13 Å². The number of nitrogen functional groups attached to an aromatic ring is 1. The standard InChI is InChI=1S/C13H13N5S/c1-7-3-10(15-4-8(7)2)12-11(18-13(14)19-12)9-5-16-17-6-9/h3-6H,1-2H3,(H2,14,18)(H,16,17). The number of nitrogens with one attached hydrogen (secondary N) is 1. The normalized spacial score (nSPS) is 10.8. The van der Waals surface area contributed by atoms with Gasteiger partial charge in [0.05, 0.1) is 22.5 Å². The van der Waals surface area contributed by atoms with E-state index >= 15 is 0 Å². The Hall–Kier alpha value is -2.21. The average Bonchev–Trinajstić information content (AvgIpc) is 3.01. The van der Waals surface area contributed by atoms with Crippen molar-refractivity contribution in [2.45, 2.75) is 13.8 Å². The molecule has 0 unspecified atom stereocenters. The molecule has 3 rings (SSSR count). The van der Waals surface area contributed by atoms with Crippen molar-refractivity contribution in [2.24, 2.45) is 0 Å². The molecule has 3 aromatic heterocycles. The van der Waals surface area contributed by atoms with Gasteiger partial charge in [0.25, 0.3) is 0 Å². The van der Waals surface area contributed by atoms with Crippen molar-refractivity contribution in [1.82, 2.24) is 20.2 Å². The van der Waals surface area contributed by atoms with Crippen molar-refractivity contribution in [3.63, 3.8) is 0 Å². The van der Waals surface area contributed by atoms with Crippen LogP contribution >= 0.6 is 11.3 Å². The Morgan fingerprint density at radius 1 is 1.21 bits per heavy atom. The van der Waals surface area contributed by atoms with Crippen LogP contribution < -0.4 is 5.73 Å². The zero-order chi connectivity index (χ0) is 13.4. The van der Waals surface area contributed by atoms with Gasteiger partial charge in [-0.2, -0.15) is 5.10 Å². The highest BCUT2D eigenvalue weighted by molar-refractivity contribution is 7.19. The molecule has 0 spiro atoms. The molecule has 3 aromatic rings. The Labute approximate surface area is 114 Å². The van der Waals surface area contributed by atoms with E-state index in [9.17, 15) is 0 Å². The first-order valence-electron chi connectivity index (χ1n) is 5.84. The Bertz CT molecular complexity index is 715. The monoisotopic (exact) mass is 271 g/mol. The van der Waals surface area contributed by atoms with Gasteiger partial charge < -0.3 is 5.73 Å². The molecule has 0 atom stereocenters. The summed E-state index contributed by atoms with van der Waals surface area (Å²) >= 11 is 1.44. The van der Waals surface area contributed by atoms with Crippen LogP contribution in [0.1, 0.15) is 11.1 Å². The van der Waals surface area contributed by atoms with Crippen LogP contribution in [0.3, 0.4) is 0 Å². The van der Waals surface area contributed by atoms with Gasteiger partial charge in [-0.3, -0.25) is 10.1 Å². The number of anilines is 1. The highest BCUT2D eigenvalue weighted by Gasteiger charge is 2.15. The molecule has 19 heavy (non-hydrogen) atoms. The van der Waals surface area contributed by atoms with Crippen LogP contribution in [0.5, 0.6) is 0 Å². The van der Waals surface area contributed by atoms with Crippen LogP contribution in [-0.2, 0) is 0 Å². The van der Waals surface area contributed by atoms with E-state index in [2.05, 4.69) is 33.2 Å². The van der Waals surface area contributed by atoms with Crippen molar-refractivity contribution in [3.8, 4) is 21.8 Å². The summed E-state index contributed by atoms with van der Waals surface area (Å²) in [5, 5.41) is 7.28. The molecule has 5 nitrogen and oxygen atoms in total. The quantitative estimate of drug-likeness (QED) is 0.751. The summed E-state index contributed by atoms with van der Waals surface area (Å²) in [5.74, 6) is 0. The Balaban J connectivity index is 2.17. The first-order valence-corrected chi connectivity index (χ1v) is 6.66. The third kappa shape index (κ3) is 2.10. The van der Waals surface area contributed by atoms with E-state index in [1.165, 1.54) is 22.5 Å². The van der Waals surface area contributed by atoms with E-state index in [1.54, 1.807) is 12.4 Å². The molecule has 96 valence electrons. The second-order valence-corrected chi connectivity index (χ2v) is 5.40. The zero-order valence-electron chi connectivity index (χ0n) is 10.6. The van der Waals surface area contributed by atoms with Crippen molar-refractivity contribution in [3.05, 3.63) is 35.8 Å². The molecule has 6 heteroatoms. The fourth-order valence-corrected chi connectivity index (χ4v) is 2.66. The molecule has 0 saturated heterocycles. The number of thiazole rings is 1. The van der Waals surface area contributed by atoms with E-state index in [-0.39, 0.29) is 0 Å². The number of H-pyrrole nitrogens is 1. The number of aromatic nitrogens is 4. The number of aryl methyl sites for hydroxylation is 2. The summed E-state index contributed by atoms with van der Waals surface area (Å²) in [5.41, 5.74) is 10.9. The van der Waals surface area contributed by atoms with Gasteiger partial charge in [0.15, 0.2) is 5.13 Å². The third-order valence-corrected chi connectivity index (χ3v) is 3.93. The topological polar surface area (TPSA) is 80.5 Å². The summed E-state index contributed by atoms with van der Waals surface area (Å²) in [6.45, 7) is 4.12. The SMILES string of the molecule is Cc1cnc(-c2sc(N)nc2-c2cn[nH]c2)cc1C. The van der Waals surface area contributed by atoms with Crippen LogP contribution in [0.25, 0.3) is 21.8 Å². The predicted octanol–water partition coefficient (Wildman–Crippen LogP) is 2.79. The molecule has 0 aromatic carbocycles. The molecule has 0 aliphatic heterocycles. The molecule has 0 radical (unpaired) electrons. The molecule has 3 N–H and O–H groups in total. The summed E-state index contributed by atoms with van der Waals surface area (Å²) in [6, 6.07) is 2.06. The van der Waals surface area contributed by atoms with Crippen molar-refractivity contribution >= 4 is 16.5 Å². The highest BCUT2D eigenvalue weighted by Crippen LogP contribution is 2.36. The van der Waals surface area contributed by atoms with Crippen molar-refractivity contribution in [1.29, 1.82) is 0 Å². The highest BCUT2D eigenvalue weighted by atomic mass is 32.1. The van der Waals surface area contributed by atoms with Crippen LogP contribution in [0.15, 0.2) is 24.7 Å². The van der Waals surface area contributed by atoms with Gasteiger partial charge in [0.2, 0.25) is 0 Å². The van der Waals surface area contributed by atoms with E-state index in [1.807, 2.05) is 13.1 Å². The lowest BCUT2D eigenvalue weighted by molar-refractivity contribution is 1.09. The van der Waals surface area contributed by atoms with Crippen molar-refractivity contribution < 1.29 is 0 Å². The minimum Gasteiger partial charge on any atom is -0.375 e. The lowest BCUT2D eigenvalue weighted by Crippen LogP contribution is -1.88. The predicted molar refractivity (Wildman–Crippen MR) is 76.8 cm³/mol. The molecule has 3 heterocycles. The summed E-state index contributed by atoms with van der Waals surface area (Å²) in [4.78, 5) is 9.83. The second-order valence-electron chi connectivity index (χ2n) is 4.37. The summed E-state index contributed by atoms with van der Waals surface area (Å²) in [7, 11) is 0. The Kier molecular flexibility index (Phi) is 2.79. The summed E-state index contributed by atoms with van der Waals surface area (Å²) in [6.07, 6.45) is 5.41. The van der Waals surface area contributed by atoms with Gasteiger partial charge >= 0.3 is 0 Å². The fourth-order valence-electron chi connectivity index (χ4n) is 1.83. The maximum absolute atomic E-state index is 5.84. The maximum Gasteiger partial charge on any atom is 0.181 e. The van der Waals surface area contributed by atoms with Gasteiger partial charge in [0.1, 0.15) is 0 Å². The van der Waals surface area contributed by atoms with Crippen molar-refractivity contribution in [2.75, 3.05) is 5.73 Å². The molecule has 0 aliphatic carbocycles. The summed E-state index contributed by atoms with van der Waals surface area (Å²) < 4.78 is 0. The van der Waals surface area contributed by atoms with E-state index in [4.69, 9.17) is 5.73 Å². The lowest BCUT2D eigenvalue weighted by Gasteiger charge is -2.03. The minimum atomic E-state index is 0.534. The van der Waals surface area contributed by atoms with Crippen LogP contribution in [-0.4, -0.2) is 20.2 Å². The number of nitrogens with two attached hydrogens (primary N) is 1. The van der Waals surface area contributed by atoms with Gasteiger partial charge in [-0.1, -0.05) is 11.3 Å². The maximum atomic E-state index is 5.84. The lowest BCUT2D eigenvalue weighted by atomic mass is 10.1. The van der Waals surface area contributed by atoms with E-state index < -0.39 is 0 Å². The Morgan fingerprint density at radius 2 is 2.05 bits per heavy atom. The first kappa shape index (κ1) is 11.9. The molecule has 0 aliphatic rings. The first-order chi connectivity index (χ1) is 9.15. The van der Waals surface area contributed by atoms with Gasteiger partial charge in [-0.15, -0.1) is 0 Å².